The summed E-state index contributed by atoms with van der Waals surface area (Å²) < 4.78 is 42.0. The van der Waals surface area contributed by atoms with Crippen LogP contribution in [-0.2, 0) is 12.6 Å². The molecule has 0 spiro atoms. The van der Waals surface area contributed by atoms with Crippen LogP contribution in [0, 0.1) is 0 Å². The summed E-state index contributed by atoms with van der Waals surface area (Å²) in [5.74, 6) is -0.914. The van der Waals surface area contributed by atoms with Crippen LogP contribution >= 0.6 is 11.3 Å². The second kappa shape index (κ2) is 9.51. The highest BCUT2D eigenvalue weighted by atomic mass is 32.1. The van der Waals surface area contributed by atoms with E-state index in [1.54, 1.807) is 50.8 Å². The third kappa shape index (κ3) is 5.98. The highest BCUT2D eigenvalue weighted by Gasteiger charge is 2.38. The highest BCUT2D eigenvalue weighted by Crippen LogP contribution is 2.31. The molecule has 0 atom stereocenters. The van der Waals surface area contributed by atoms with Crippen molar-refractivity contribution in [3.05, 3.63) is 65.2 Å². The first-order chi connectivity index (χ1) is 14.7. The maximum Gasteiger partial charge on any atom is 0.471 e. The number of rotatable bonds is 7. The number of nitrogens with zero attached hydrogens (tertiary/aromatic N) is 5. The normalized spacial score (nSPS) is 13.5. The van der Waals surface area contributed by atoms with E-state index in [0.717, 1.165) is 4.88 Å². The molecule has 3 rings (SSSR count). The number of hydrogen-bond donors (Lipinski definition) is 2. The average Bonchev–Trinajstić information content (AvgIpc) is 3.39. The molecule has 3 N–H and O–H groups in total. The third-order valence-electron chi connectivity index (χ3n) is 3.82. The maximum absolute atomic E-state index is 12.6. The van der Waals surface area contributed by atoms with E-state index in [0.29, 0.717) is 34.2 Å². The molecule has 31 heavy (non-hydrogen) atoms. The van der Waals surface area contributed by atoms with Crippen molar-refractivity contribution in [2.45, 2.75) is 26.4 Å². The second-order valence-electron chi connectivity index (χ2n) is 6.26. The van der Waals surface area contributed by atoms with Gasteiger partial charge in [-0.15, -0.1) is 11.3 Å². The van der Waals surface area contributed by atoms with Gasteiger partial charge in [0.1, 0.15) is 5.82 Å². The minimum atomic E-state index is -4.67. The minimum absolute atomic E-state index is 0.0929. The predicted molar refractivity (Wildman–Crippen MR) is 111 cm³/mol. The Kier molecular flexibility index (Phi) is 6.80. The third-order valence-corrected chi connectivity index (χ3v) is 4.92. The zero-order chi connectivity index (χ0) is 22.4. The van der Waals surface area contributed by atoms with Crippen molar-refractivity contribution in [2.75, 3.05) is 5.32 Å². The molecule has 3 aromatic heterocycles. The summed E-state index contributed by atoms with van der Waals surface area (Å²) in [5.41, 5.74) is 7.77. The number of nitrogens with two attached hydrogens (primary N) is 1. The van der Waals surface area contributed by atoms with Gasteiger partial charge >= 0.3 is 12.1 Å². The number of hydrogen-bond acceptors (Lipinski definition) is 9. The Morgan fingerprint density at radius 1 is 1.29 bits per heavy atom. The topological polar surface area (TPSA) is 115 Å². The molecule has 0 amide bonds. The lowest BCUT2D eigenvalue weighted by Gasteiger charge is -2.11. The van der Waals surface area contributed by atoms with E-state index in [1.807, 2.05) is 6.08 Å². The van der Waals surface area contributed by atoms with Gasteiger partial charge in [-0.2, -0.15) is 18.2 Å². The van der Waals surface area contributed by atoms with Crippen molar-refractivity contribution < 1.29 is 17.7 Å². The second-order valence-corrected chi connectivity index (χ2v) is 7.43. The number of thiophene rings is 1. The van der Waals surface area contributed by atoms with Crippen LogP contribution in [0.3, 0.4) is 0 Å². The summed E-state index contributed by atoms with van der Waals surface area (Å²) in [6, 6.07) is 3.44. The maximum atomic E-state index is 12.6. The van der Waals surface area contributed by atoms with E-state index in [4.69, 9.17) is 5.73 Å². The number of halogens is 3. The van der Waals surface area contributed by atoms with Gasteiger partial charge in [-0.1, -0.05) is 11.2 Å². The molecule has 0 bridgehead atoms. The van der Waals surface area contributed by atoms with Crippen LogP contribution in [0.2, 0.25) is 0 Å². The Labute approximate surface area is 179 Å². The Bertz CT molecular complexity index is 1110. The van der Waals surface area contributed by atoms with Crippen LogP contribution in [0.25, 0.3) is 10.7 Å². The summed E-state index contributed by atoms with van der Waals surface area (Å²) in [7, 11) is 0. The van der Waals surface area contributed by atoms with Gasteiger partial charge < -0.3 is 15.6 Å². The molecule has 162 valence electrons. The molecule has 3 aromatic rings. The summed E-state index contributed by atoms with van der Waals surface area (Å²) in [6.45, 7) is 3.55. The fraction of sp³-hybridized carbons (Fsp3) is 0.211. The van der Waals surface area contributed by atoms with E-state index >= 15 is 0 Å². The van der Waals surface area contributed by atoms with Gasteiger partial charge in [-0.3, -0.25) is 9.98 Å². The standard InChI is InChI=1S/C19H18F3N7OS/c1-11(23)16(27-15-10-24-8-9-26-15)12(2)25-7-3-4-13-5-6-14(31-13)17-28-18(30-29-17)19(20,21)22/h3,5-10H,4,23H2,1-2H3,(H,26,27)/b7-3+,16-11+,25-12-. The van der Waals surface area contributed by atoms with Crippen LogP contribution in [0.4, 0.5) is 19.0 Å². The number of aromatic nitrogens is 4. The highest BCUT2D eigenvalue weighted by molar-refractivity contribution is 7.15. The summed E-state index contributed by atoms with van der Waals surface area (Å²) in [4.78, 5) is 17.3. The monoisotopic (exact) mass is 449 g/mol. The lowest BCUT2D eigenvalue weighted by Crippen LogP contribution is -2.15. The zero-order valence-electron chi connectivity index (χ0n) is 16.5. The van der Waals surface area contributed by atoms with Gasteiger partial charge in [0, 0.05) is 35.6 Å². The first kappa shape index (κ1) is 22.2. The quantitative estimate of drug-likeness (QED) is 0.513. The fourth-order valence-electron chi connectivity index (χ4n) is 2.41. The molecule has 0 aliphatic rings. The summed E-state index contributed by atoms with van der Waals surface area (Å²) >= 11 is 1.27. The van der Waals surface area contributed by atoms with Crippen LogP contribution in [-0.4, -0.2) is 25.8 Å². The number of nitrogens with one attached hydrogen (secondary N) is 1. The van der Waals surface area contributed by atoms with Crippen molar-refractivity contribution in [1.29, 1.82) is 0 Å². The van der Waals surface area contributed by atoms with E-state index in [9.17, 15) is 13.2 Å². The molecule has 0 unspecified atom stereocenters. The molecule has 0 saturated heterocycles. The number of allylic oxidation sites excluding steroid dienone is 3. The Morgan fingerprint density at radius 3 is 2.74 bits per heavy atom. The first-order valence-electron chi connectivity index (χ1n) is 8.93. The molecule has 0 aliphatic carbocycles. The van der Waals surface area contributed by atoms with Crippen molar-refractivity contribution in [3.63, 3.8) is 0 Å². The average molecular weight is 449 g/mol. The van der Waals surface area contributed by atoms with E-state index in [-0.39, 0.29) is 5.82 Å². The molecule has 0 aliphatic heterocycles. The van der Waals surface area contributed by atoms with E-state index < -0.39 is 12.1 Å². The van der Waals surface area contributed by atoms with Gasteiger partial charge in [0.25, 0.3) is 0 Å². The largest absolute Gasteiger partial charge is 0.471 e. The Morgan fingerprint density at radius 2 is 2.10 bits per heavy atom. The number of alkyl halides is 3. The molecule has 0 saturated carbocycles. The van der Waals surface area contributed by atoms with Crippen molar-refractivity contribution >= 4 is 22.9 Å². The van der Waals surface area contributed by atoms with Gasteiger partial charge in [0.2, 0.25) is 5.82 Å². The van der Waals surface area contributed by atoms with E-state index in [1.165, 1.54) is 11.3 Å². The van der Waals surface area contributed by atoms with Gasteiger partial charge in [-0.25, -0.2) is 4.98 Å². The van der Waals surface area contributed by atoms with Crippen LogP contribution in [0.15, 0.2) is 63.9 Å². The SMILES string of the molecule is CC(=N/C=C/Cc1ccc(-c2noc(C(F)(F)F)n2)s1)/C(Nc1cnccn1)=C(/C)N. The van der Waals surface area contributed by atoms with Crippen LogP contribution < -0.4 is 11.1 Å². The number of anilines is 1. The van der Waals surface area contributed by atoms with Crippen molar-refractivity contribution in [3.8, 4) is 10.7 Å². The smallest absolute Gasteiger partial charge is 0.401 e. The first-order valence-corrected chi connectivity index (χ1v) is 9.75. The predicted octanol–water partition coefficient (Wildman–Crippen LogP) is 4.43. The summed E-state index contributed by atoms with van der Waals surface area (Å²) in [5, 5.41) is 6.47. The minimum Gasteiger partial charge on any atom is -0.401 e. The number of aliphatic imine (C=N–C) groups is 1. The molecular weight excluding hydrogens is 431 g/mol. The lowest BCUT2D eigenvalue weighted by atomic mass is 10.2. The Hall–Kier alpha value is -3.54. The zero-order valence-corrected chi connectivity index (χ0v) is 17.3. The molecular formula is C19H18F3N7OS. The Balaban J connectivity index is 1.63. The summed E-state index contributed by atoms with van der Waals surface area (Å²) in [6.07, 6.45) is 4.02. The lowest BCUT2D eigenvalue weighted by molar-refractivity contribution is -0.159. The fourth-order valence-corrected chi connectivity index (χ4v) is 3.32. The molecule has 0 fully saturated rings. The van der Waals surface area contributed by atoms with E-state index in [2.05, 4.69) is 34.9 Å². The van der Waals surface area contributed by atoms with Gasteiger partial charge in [0.05, 0.1) is 22.5 Å². The van der Waals surface area contributed by atoms with Crippen LogP contribution in [0.5, 0.6) is 0 Å². The molecule has 8 nitrogen and oxygen atoms in total. The van der Waals surface area contributed by atoms with Gasteiger partial charge in [-0.05, 0) is 26.0 Å². The molecule has 0 radical (unpaired) electrons. The molecule has 3 heterocycles. The van der Waals surface area contributed by atoms with Crippen LogP contribution in [0.1, 0.15) is 24.6 Å². The molecule has 12 heteroatoms. The van der Waals surface area contributed by atoms with Gasteiger partial charge in [0.15, 0.2) is 0 Å². The molecule has 0 aromatic carbocycles. The van der Waals surface area contributed by atoms with Crippen molar-refractivity contribution in [1.82, 2.24) is 20.1 Å². The van der Waals surface area contributed by atoms with Crippen molar-refractivity contribution in [2.24, 2.45) is 10.7 Å².